The van der Waals surface area contributed by atoms with Gasteiger partial charge in [-0.05, 0) is 45.4 Å². The average molecular weight is 440 g/mol. The average Bonchev–Trinajstić information content (AvgIpc) is 2.66. The number of nitrogens with one attached hydrogen (secondary N) is 1. The van der Waals surface area contributed by atoms with E-state index in [1.54, 1.807) is 0 Å². The third-order valence-electron chi connectivity index (χ3n) is 6.55. The number of hydrogen-bond acceptors (Lipinski definition) is 5. The molecule has 28 heavy (non-hydrogen) atoms. The van der Waals surface area contributed by atoms with E-state index in [0.717, 1.165) is 58.6 Å². The molecule has 3 aliphatic rings. The highest BCUT2D eigenvalue weighted by Crippen LogP contribution is 2.36. The first-order valence-electron chi connectivity index (χ1n) is 10.4. The molecule has 0 aromatic heterocycles. The van der Waals surface area contributed by atoms with Gasteiger partial charge in [-0.1, -0.05) is 19.3 Å². The Morgan fingerprint density at radius 1 is 1.14 bits per heavy atom. The molecule has 166 valence electrons. The molecule has 0 bridgehead atoms. The van der Waals surface area contributed by atoms with E-state index in [1.165, 1.54) is 19.3 Å². The number of nitrogens with zero attached hydrogens (tertiary/aromatic N) is 1. The first-order chi connectivity index (χ1) is 12.4. The number of carbonyl (C=O) groups is 1. The predicted molar refractivity (Wildman–Crippen MR) is 116 cm³/mol. The number of halogens is 2. The van der Waals surface area contributed by atoms with E-state index in [1.807, 2.05) is 0 Å². The number of rotatable bonds is 5. The number of ether oxygens (including phenoxy) is 2. The molecule has 3 fully saturated rings. The standard InChI is InChI=1S/C20H37N3O3.2ClH/c1-19(2)15-23(10-13-26-19)20(8-4-3-5-9-20)14-22-18(24)17(21)16-6-11-25-12-7-16;;/h16-17H,3-15,21H2,1-2H3,(H,22,24);2*1H. The van der Waals surface area contributed by atoms with Crippen LogP contribution in [0.1, 0.15) is 58.8 Å². The van der Waals surface area contributed by atoms with Crippen LogP contribution >= 0.6 is 24.8 Å². The third kappa shape index (κ3) is 6.44. The van der Waals surface area contributed by atoms with Crippen LogP contribution in [0.2, 0.25) is 0 Å². The summed E-state index contributed by atoms with van der Waals surface area (Å²) in [5.41, 5.74) is 6.21. The molecule has 1 unspecified atom stereocenters. The lowest BCUT2D eigenvalue weighted by atomic mass is 9.79. The van der Waals surface area contributed by atoms with E-state index < -0.39 is 6.04 Å². The topological polar surface area (TPSA) is 76.8 Å². The second-order valence-corrected chi connectivity index (χ2v) is 9.01. The van der Waals surface area contributed by atoms with Gasteiger partial charge in [0.2, 0.25) is 5.91 Å². The van der Waals surface area contributed by atoms with Crippen molar-refractivity contribution in [3.8, 4) is 0 Å². The molecule has 1 atom stereocenters. The SMILES string of the molecule is CC1(C)CN(C2(CNC(=O)C(N)C3CCOCC3)CCCCC2)CCO1.Cl.Cl. The largest absolute Gasteiger partial charge is 0.381 e. The van der Waals surface area contributed by atoms with Crippen molar-refractivity contribution in [2.45, 2.75) is 76.0 Å². The fourth-order valence-corrected chi connectivity index (χ4v) is 4.89. The van der Waals surface area contributed by atoms with E-state index >= 15 is 0 Å². The number of amides is 1. The molecule has 0 aromatic carbocycles. The van der Waals surface area contributed by atoms with Gasteiger partial charge in [0.15, 0.2) is 0 Å². The maximum Gasteiger partial charge on any atom is 0.237 e. The van der Waals surface area contributed by atoms with Gasteiger partial charge >= 0.3 is 0 Å². The summed E-state index contributed by atoms with van der Waals surface area (Å²) >= 11 is 0. The van der Waals surface area contributed by atoms with E-state index in [4.69, 9.17) is 15.2 Å². The summed E-state index contributed by atoms with van der Waals surface area (Å²) in [6, 6.07) is -0.416. The van der Waals surface area contributed by atoms with Gasteiger partial charge in [-0.3, -0.25) is 9.69 Å². The van der Waals surface area contributed by atoms with E-state index in [0.29, 0.717) is 6.54 Å². The molecule has 1 amide bonds. The fourth-order valence-electron chi connectivity index (χ4n) is 4.89. The van der Waals surface area contributed by atoms with Crippen LogP contribution in [-0.2, 0) is 14.3 Å². The summed E-state index contributed by atoms with van der Waals surface area (Å²) in [4.78, 5) is 15.3. The molecule has 0 aromatic rings. The Kier molecular flexibility index (Phi) is 10.5. The second-order valence-electron chi connectivity index (χ2n) is 9.01. The molecule has 1 aliphatic carbocycles. The molecule has 2 heterocycles. The molecule has 0 radical (unpaired) electrons. The minimum Gasteiger partial charge on any atom is -0.381 e. The minimum absolute atomic E-state index is 0. The molecule has 3 rings (SSSR count). The van der Waals surface area contributed by atoms with Gasteiger partial charge in [0.05, 0.1) is 18.2 Å². The van der Waals surface area contributed by atoms with Crippen LogP contribution in [0.5, 0.6) is 0 Å². The zero-order valence-corrected chi connectivity index (χ0v) is 19.0. The van der Waals surface area contributed by atoms with Crippen molar-refractivity contribution in [3.63, 3.8) is 0 Å². The van der Waals surface area contributed by atoms with Gasteiger partial charge in [-0.15, -0.1) is 24.8 Å². The van der Waals surface area contributed by atoms with Crippen LogP contribution < -0.4 is 11.1 Å². The fraction of sp³-hybridized carbons (Fsp3) is 0.950. The lowest BCUT2D eigenvalue weighted by molar-refractivity contribution is -0.131. The van der Waals surface area contributed by atoms with Gasteiger partial charge < -0.3 is 20.5 Å². The van der Waals surface area contributed by atoms with Crippen molar-refractivity contribution >= 4 is 30.7 Å². The Bertz CT molecular complexity index is 481. The van der Waals surface area contributed by atoms with Crippen LogP contribution in [0.25, 0.3) is 0 Å². The highest BCUT2D eigenvalue weighted by Gasteiger charge is 2.42. The maximum atomic E-state index is 12.7. The van der Waals surface area contributed by atoms with Crippen molar-refractivity contribution < 1.29 is 14.3 Å². The number of morpholine rings is 1. The maximum absolute atomic E-state index is 12.7. The summed E-state index contributed by atoms with van der Waals surface area (Å²) in [5.74, 6) is 0.253. The van der Waals surface area contributed by atoms with Crippen molar-refractivity contribution in [1.29, 1.82) is 0 Å². The number of hydrogen-bond donors (Lipinski definition) is 2. The van der Waals surface area contributed by atoms with Crippen molar-refractivity contribution in [2.24, 2.45) is 11.7 Å². The molecular formula is C20H39Cl2N3O3. The quantitative estimate of drug-likeness (QED) is 0.687. The van der Waals surface area contributed by atoms with E-state index in [-0.39, 0.29) is 47.8 Å². The van der Waals surface area contributed by atoms with Crippen molar-refractivity contribution in [3.05, 3.63) is 0 Å². The number of nitrogens with two attached hydrogens (primary N) is 1. The third-order valence-corrected chi connectivity index (χ3v) is 6.55. The molecule has 0 spiro atoms. The molecule has 8 heteroatoms. The van der Waals surface area contributed by atoms with Gasteiger partial charge in [0.1, 0.15) is 0 Å². The first kappa shape index (κ1) is 25.9. The molecule has 6 nitrogen and oxygen atoms in total. The summed E-state index contributed by atoms with van der Waals surface area (Å²) in [7, 11) is 0. The Labute approximate surface area is 182 Å². The predicted octanol–water partition coefficient (Wildman–Crippen LogP) is 2.51. The lowest BCUT2D eigenvalue weighted by Gasteiger charge is -2.51. The monoisotopic (exact) mass is 439 g/mol. The molecule has 1 saturated carbocycles. The smallest absolute Gasteiger partial charge is 0.237 e. The molecule has 2 aliphatic heterocycles. The lowest BCUT2D eigenvalue weighted by Crippen LogP contribution is -2.63. The Hall–Kier alpha value is -0.110. The van der Waals surface area contributed by atoms with Crippen LogP contribution in [-0.4, -0.2) is 67.4 Å². The minimum atomic E-state index is -0.416. The van der Waals surface area contributed by atoms with E-state index in [9.17, 15) is 4.79 Å². The zero-order chi connectivity index (χ0) is 18.6. The van der Waals surface area contributed by atoms with Crippen molar-refractivity contribution in [2.75, 3.05) is 39.5 Å². The Morgan fingerprint density at radius 3 is 2.39 bits per heavy atom. The molecule has 3 N–H and O–H groups in total. The van der Waals surface area contributed by atoms with Gasteiger partial charge in [-0.2, -0.15) is 0 Å². The Morgan fingerprint density at radius 2 is 1.79 bits per heavy atom. The van der Waals surface area contributed by atoms with E-state index in [2.05, 4.69) is 24.1 Å². The van der Waals surface area contributed by atoms with Crippen LogP contribution in [0, 0.1) is 5.92 Å². The zero-order valence-electron chi connectivity index (χ0n) is 17.4. The summed E-state index contributed by atoms with van der Waals surface area (Å²) in [6.45, 7) is 9.12. The first-order valence-corrected chi connectivity index (χ1v) is 10.4. The normalized spacial score (nSPS) is 26.4. The summed E-state index contributed by atoms with van der Waals surface area (Å²) in [6.07, 6.45) is 7.84. The summed E-state index contributed by atoms with van der Waals surface area (Å²) < 4.78 is 11.3. The second kappa shape index (κ2) is 11.3. The highest BCUT2D eigenvalue weighted by molar-refractivity contribution is 5.85. The van der Waals surface area contributed by atoms with Crippen LogP contribution in [0.15, 0.2) is 0 Å². The summed E-state index contributed by atoms with van der Waals surface area (Å²) in [5, 5.41) is 3.23. The van der Waals surface area contributed by atoms with Crippen LogP contribution in [0.4, 0.5) is 0 Å². The molecule has 2 saturated heterocycles. The molecular weight excluding hydrogens is 401 g/mol. The van der Waals surface area contributed by atoms with Crippen LogP contribution in [0.3, 0.4) is 0 Å². The van der Waals surface area contributed by atoms with Crippen molar-refractivity contribution in [1.82, 2.24) is 10.2 Å². The highest BCUT2D eigenvalue weighted by atomic mass is 35.5. The van der Waals surface area contributed by atoms with Gasteiger partial charge in [0.25, 0.3) is 0 Å². The van der Waals surface area contributed by atoms with Gasteiger partial charge in [0, 0.05) is 38.4 Å². The Balaban J connectivity index is 0.00000196. The van der Waals surface area contributed by atoms with Gasteiger partial charge in [-0.25, -0.2) is 0 Å². The number of carbonyl (C=O) groups excluding carboxylic acids is 1.